The van der Waals surface area contributed by atoms with E-state index in [1.807, 2.05) is 30.3 Å². The second-order valence-corrected chi connectivity index (χ2v) is 8.85. The first-order chi connectivity index (χ1) is 17.2. The zero-order chi connectivity index (χ0) is 24.0. The number of aryl methyl sites for hydroxylation is 1. The fourth-order valence-electron chi connectivity index (χ4n) is 4.00. The monoisotopic (exact) mass is 491 g/mol. The Morgan fingerprint density at radius 3 is 2.71 bits per heavy atom. The molecule has 0 spiro atoms. The quantitative estimate of drug-likeness (QED) is 0.349. The van der Waals surface area contributed by atoms with Gasteiger partial charge in [-0.15, -0.1) is 0 Å². The molecule has 8 nitrogen and oxygen atoms in total. The SMILES string of the molecule is O=C(NCCCc1ncc[nH]1)c1ccc2nc(OC3CCOCC3)c(-c3ccc(Cl)cc3)nc2c1. The molecule has 4 aromatic rings. The molecule has 0 unspecified atom stereocenters. The summed E-state index contributed by atoms with van der Waals surface area (Å²) in [4.78, 5) is 29.6. The molecule has 1 aliphatic rings. The van der Waals surface area contributed by atoms with Crippen molar-refractivity contribution in [3.05, 3.63) is 71.3 Å². The van der Waals surface area contributed by atoms with Crippen LogP contribution in [0, 0.1) is 0 Å². The van der Waals surface area contributed by atoms with Crippen LogP contribution in [0.2, 0.25) is 5.02 Å². The molecule has 1 fully saturated rings. The number of carbonyl (C=O) groups is 1. The minimum atomic E-state index is -0.149. The summed E-state index contributed by atoms with van der Waals surface area (Å²) in [6, 6.07) is 12.7. The number of rotatable bonds is 8. The highest BCUT2D eigenvalue weighted by Crippen LogP contribution is 2.31. The molecule has 1 saturated heterocycles. The van der Waals surface area contributed by atoms with Gasteiger partial charge in [0.25, 0.3) is 5.91 Å². The van der Waals surface area contributed by atoms with Gasteiger partial charge in [-0.1, -0.05) is 23.7 Å². The molecule has 35 heavy (non-hydrogen) atoms. The molecular formula is C26H26ClN5O3. The maximum Gasteiger partial charge on any atom is 0.251 e. The van der Waals surface area contributed by atoms with Crippen molar-refractivity contribution in [3.8, 4) is 17.1 Å². The summed E-state index contributed by atoms with van der Waals surface area (Å²) in [6.07, 6.45) is 6.71. The Labute approximate surface area is 208 Å². The Morgan fingerprint density at radius 1 is 1.11 bits per heavy atom. The molecule has 2 aromatic carbocycles. The van der Waals surface area contributed by atoms with Crippen LogP contribution in [0.5, 0.6) is 5.88 Å². The van der Waals surface area contributed by atoms with E-state index < -0.39 is 0 Å². The van der Waals surface area contributed by atoms with E-state index in [1.165, 1.54) is 0 Å². The number of halogens is 1. The first-order valence-corrected chi connectivity index (χ1v) is 12.1. The van der Waals surface area contributed by atoms with E-state index in [0.717, 1.165) is 37.1 Å². The first kappa shape index (κ1) is 23.3. The third kappa shape index (κ3) is 5.78. The summed E-state index contributed by atoms with van der Waals surface area (Å²) in [5.41, 5.74) is 3.29. The predicted octanol–water partition coefficient (Wildman–Crippen LogP) is 4.59. The predicted molar refractivity (Wildman–Crippen MR) is 134 cm³/mol. The molecule has 0 radical (unpaired) electrons. The van der Waals surface area contributed by atoms with Gasteiger partial charge < -0.3 is 19.8 Å². The molecule has 0 bridgehead atoms. The zero-order valence-electron chi connectivity index (χ0n) is 19.2. The third-order valence-corrected chi connectivity index (χ3v) is 6.14. The smallest absolute Gasteiger partial charge is 0.251 e. The molecule has 180 valence electrons. The lowest BCUT2D eigenvalue weighted by molar-refractivity contribution is 0.0240. The number of H-pyrrole nitrogens is 1. The van der Waals surface area contributed by atoms with Gasteiger partial charge in [-0.3, -0.25) is 4.79 Å². The Morgan fingerprint density at radius 2 is 1.94 bits per heavy atom. The number of amides is 1. The van der Waals surface area contributed by atoms with E-state index in [0.29, 0.717) is 53.0 Å². The third-order valence-electron chi connectivity index (χ3n) is 5.89. The van der Waals surface area contributed by atoms with Crippen LogP contribution in [0.3, 0.4) is 0 Å². The number of nitrogens with zero attached hydrogens (tertiary/aromatic N) is 3. The molecule has 1 aliphatic heterocycles. The van der Waals surface area contributed by atoms with Crippen molar-refractivity contribution in [2.24, 2.45) is 0 Å². The highest BCUT2D eigenvalue weighted by molar-refractivity contribution is 6.30. The van der Waals surface area contributed by atoms with Crippen molar-refractivity contribution in [2.45, 2.75) is 31.8 Å². The number of fused-ring (bicyclic) bond motifs is 1. The van der Waals surface area contributed by atoms with Gasteiger partial charge in [-0.25, -0.2) is 15.0 Å². The summed E-state index contributed by atoms with van der Waals surface area (Å²) < 4.78 is 11.7. The molecule has 2 aromatic heterocycles. The molecule has 3 heterocycles. The lowest BCUT2D eigenvalue weighted by atomic mass is 10.1. The van der Waals surface area contributed by atoms with Gasteiger partial charge >= 0.3 is 0 Å². The summed E-state index contributed by atoms with van der Waals surface area (Å²) in [7, 11) is 0. The Bertz CT molecular complexity index is 1290. The van der Waals surface area contributed by atoms with Gasteiger partial charge in [0.2, 0.25) is 5.88 Å². The highest BCUT2D eigenvalue weighted by atomic mass is 35.5. The number of nitrogens with one attached hydrogen (secondary N) is 2. The molecule has 1 amide bonds. The highest BCUT2D eigenvalue weighted by Gasteiger charge is 2.20. The van der Waals surface area contributed by atoms with Crippen molar-refractivity contribution in [3.63, 3.8) is 0 Å². The zero-order valence-corrected chi connectivity index (χ0v) is 19.9. The molecule has 5 rings (SSSR count). The second-order valence-electron chi connectivity index (χ2n) is 8.41. The number of aromatic nitrogens is 4. The lowest BCUT2D eigenvalue weighted by Gasteiger charge is -2.23. The standard InChI is InChI=1S/C26H26ClN5O3/c27-19-6-3-17(4-7-19)24-26(35-20-9-14-34-15-10-20)32-21-8-5-18(16-22(21)31-24)25(33)30-11-1-2-23-28-12-13-29-23/h3-8,12-13,16,20H,1-2,9-11,14-15H2,(H,28,29)(H,30,33). The number of ether oxygens (including phenoxy) is 2. The average Bonchev–Trinajstić information content (AvgIpc) is 3.41. The van der Waals surface area contributed by atoms with Gasteiger partial charge in [0.15, 0.2) is 0 Å². The van der Waals surface area contributed by atoms with E-state index in [-0.39, 0.29) is 12.0 Å². The van der Waals surface area contributed by atoms with Crippen molar-refractivity contribution in [2.75, 3.05) is 19.8 Å². The number of imidazole rings is 1. The number of aromatic amines is 1. The fourth-order valence-corrected chi connectivity index (χ4v) is 4.13. The van der Waals surface area contributed by atoms with Crippen LogP contribution >= 0.6 is 11.6 Å². The van der Waals surface area contributed by atoms with Crippen LogP contribution in [-0.4, -0.2) is 51.7 Å². The maximum absolute atomic E-state index is 12.7. The Hall–Kier alpha value is -3.49. The van der Waals surface area contributed by atoms with E-state index in [1.54, 1.807) is 24.5 Å². The van der Waals surface area contributed by atoms with E-state index in [9.17, 15) is 4.79 Å². The summed E-state index contributed by atoms with van der Waals surface area (Å²) in [6.45, 7) is 1.89. The van der Waals surface area contributed by atoms with Crippen LogP contribution in [-0.2, 0) is 11.2 Å². The van der Waals surface area contributed by atoms with Crippen molar-refractivity contribution < 1.29 is 14.3 Å². The van der Waals surface area contributed by atoms with Gasteiger partial charge in [0.1, 0.15) is 17.6 Å². The lowest BCUT2D eigenvalue weighted by Crippen LogP contribution is -2.26. The van der Waals surface area contributed by atoms with E-state index in [4.69, 9.17) is 31.0 Å². The minimum Gasteiger partial charge on any atom is -0.473 e. The molecule has 0 saturated carbocycles. The van der Waals surface area contributed by atoms with Crippen molar-refractivity contribution in [1.82, 2.24) is 25.3 Å². The Kier molecular flexibility index (Phi) is 7.20. The van der Waals surface area contributed by atoms with Gasteiger partial charge in [-0.2, -0.15) is 0 Å². The summed E-state index contributed by atoms with van der Waals surface area (Å²) >= 11 is 6.10. The van der Waals surface area contributed by atoms with Crippen molar-refractivity contribution >= 4 is 28.5 Å². The number of benzene rings is 2. The van der Waals surface area contributed by atoms with Gasteiger partial charge in [-0.05, 0) is 36.8 Å². The average molecular weight is 492 g/mol. The molecule has 0 aliphatic carbocycles. The summed E-state index contributed by atoms with van der Waals surface area (Å²) in [5.74, 6) is 1.24. The normalized spacial score (nSPS) is 14.2. The maximum atomic E-state index is 12.7. The van der Waals surface area contributed by atoms with E-state index in [2.05, 4.69) is 15.3 Å². The number of carbonyl (C=O) groups excluding carboxylic acids is 1. The van der Waals surface area contributed by atoms with Crippen LogP contribution in [0.4, 0.5) is 0 Å². The van der Waals surface area contributed by atoms with Crippen LogP contribution in [0.15, 0.2) is 54.9 Å². The molecule has 9 heteroatoms. The second kappa shape index (κ2) is 10.8. The summed E-state index contributed by atoms with van der Waals surface area (Å²) in [5, 5.41) is 3.60. The van der Waals surface area contributed by atoms with Crippen LogP contribution < -0.4 is 10.1 Å². The fraction of sp³-hybridized carbons (Fsp3) is 0.308. The van der Waals surface area contributed by atoms with Crippen molar-refractivity contribution in [1.29, 1.82) is 0 Å². The number of hydrogen-bond acceptors (Lipinski definition) is 6. The van der Waals surface area contributed by atoms with Gasteiger partial charge in [0, 0.05) is 54.4 Å². The van der Waals surface area contributed by atoms with E-state index >= 15 is 0 Å². The minimum absolute atomic E-state index is 0.0211. The molecular weight excluding hydrogens is 466 g/mol. The number of hydrogen-bond donors (Lipinski definition) is 2. The molecule has 2 N–H and O–H groups in total. The molecule has 0 atom stereocenters. The van der Waals surface area contributed by atoms with Crippen LogP contribution in [0.25, 0.3) is 22.3 Å². The Balaban J connectivity index is 1.38. The first-order valence-electron chi connectivity index (χ1n) is 11.7. The van der Waals surface area contributed by atoms with Gasteiger partial charge in [0.05, 0.1) is 24.2 Å². The van der Waals surface area contributed by atoms with Crippen LogP contribution in [0.1, 0.15) is 35.4 Å². The topological polar surface area (TPSA) is 102 Å². The largest absolute Gasteiger partial charge is 0.473 e.